The van der Waals surface area contributed by atoms with Crippen LogP contribution in [0.25, 0.3) is 0 Å². The second-order valence-electron chi connectivity index (χ2n) is 19.6. The maximum atomic E-state index is 12.8. The molecule has 0 aliphatic carbocycles. The zero-order valence-electron chi connectivity index (χ0n) is 43.5. The summed E-state index contributed by atoms with van der Waals surface area (Å²) in [4.78, 5) is 23.1. The molecule has 2 unspecified atom stereocenters. The van der Waals surface area contributed by atoms with Crippen LogP contribution in [-0.2, 0) is 27.9 Å². The van der Waals surface area contributed by atoms with E-state index in [4.69, 9.17) is 18.5 Å². The molecule has 1 N–H and O–H groups in total. The molecule has 382 valence electrons. The normalized spacial score (nSPS) is 13.9. The predicted octanol–water partition coefficient (Wildman–Crippen LogP) is 17.1. The van der Waals surface area contributed by atoms with Gasteiger partial charge in [-0.25, -0.2) is 4.57 Å². The Kier molecular flexibility index (Phi) is 47.7. The number of likely N-dealkylation sites (N-methyl/N-ethyl adjacent to an activating group) is 1. The first-order chi connectivity index (χ1) is 31.6. The van der Waals surface area contributed by atoms with Gasteiger partial charge < -0.3 is 18.9 Å². The van der Waals surface area contributed by atoms with Crippen LogP contribution in [0.15, 0.2) is 48.6 Å². The molecule has 0 aliphatic rings. The van der Waals surface area contributed by atoms with Gasteiger partial charge in [-0.2, -0.15) is 0 Å². The van der Waals surface area contributed by atoms with E-state index in [2.05, 4.69) is 62.5 Å². The summed E-state index contributed by atoms with van der Waals surface area (Å²) in [5.41, 5.74) is 0. The average molecular weight is 937 g/mol. The Morgan fingerprint density at radius 3 is 1.34 bits per heavy atom. The number of hydrogen-bond donors (Lipinski definition) is 1. The molecule has 0 aromatic heterocycles. The number of ether oxygens (including phenoxy) is 2. The molecule has 0 saturated carbocycles. The van der Waals surface area contributed by atoms with Gasteiger partial charge in [-0.3, -0.25) is 13.8 Å². The van der Waals surface area contributed by atoms with Crippen LogP contribution in [0, 0.1) is 0 Å². The van der Waals surface area contributed by atoms with Gasteiger partial charge in [0.05, 0.1) is 34.4 Å². The molecule has 0 bridgehead atoms. The Morgan fingerprint density at radius 2 is 0.892 bits per heavy atom. The van der Waals surface area contributed by atoms with Crippen molar-refractivity contribution in [1.82, 2.24) is 0 Å². The van der Waals surface area contributed by atoms with Crippen molar-refractivity contribution >= 4 is 13.8 Å². The summed E-state index contributed by atoms with van der Waals surface area (Å²) in [7, 11) is 1.67. The Labute approximate surface area is 403 Å². The van der Waals surface area contributed by atoms with Gasteiger partial charge in [0.25, 0.3) is 0 Å². The third-order valence-corrected chi connectivity index (χ3v) is 12.9. The molecule has 0 aliphatic heterocycles. The number of rotatable bonds is 51. The molecule has 0 rings (SSSR count). The highest BCUT2D eigenvalue weighted by atomic mass is 31.2. The van der Waals surface area contributed by atoms with Crippen LogP contribution in [0.4, 0.5) is 0 Å². The number of allylic oxidation sites excluding steroid dienone is 8. The molecule has 0 aromatic rings. The van der Waals surface area contributed by atoms with E-state index < -0.39 is 13.9 Å². The minimum atomic E-state index is -4.28. The lowest BCUT2D eigenvalue weighted by Gasteiger charge is -2.24. The highest BCUT2D eigenvalue weighted by molar-refractivity contribution is 7.47. The molecule has 0 heterocycles. The fourth-order valence-corrected chi connectivity index (χ4v) is 8.46. The molecule has 0 fully saturated rings. The molecule has 0 saturated heterocycles. The number of quaternary nitrogens is 1. The lowest BCUT2D eigenvalue weighted by molar-refractivity contribution is -0.870. The number of esters is 1. The van der Waals surface area contributed by atoms with Gasteiger partial charge in [0.1, 0.15) is 19.3 Å². The van der Waals surface area contributed by atoms with Crippen molar-refractivity contribution in [3.05, 3.63) is 48.6 Å². The minimum Gasteiger partial charge on any atom is -0.457 e. The van der Waals surface area contributed by atoms with Crippen molar-refractivity contribution in [3.63, 3.8) is 0 Å². The molecule has 2 atom stereocenters. The number of phosphoric acid groups is 1. The van der Waals surface area contributed by atoms with Crippen molar-refractivity contribution in [2.75, 3.05) is 54.1 Å². The van der Waals surface area contributed by atoms with E-state index in [0.717, 1.165) is 57.8 Å². The third kappa shape index (κ3) is 53.3. The van der Waals surface area contributed by atoms with Crippen molar-refractivity contribution in [3.8, 4) is 0 Å². The minimum absolute atomic E-state index is 0.0882. The van der Waals surface area contributed by atoms with E-state index in [-0.39, 0.29) is 25.8 Å². The van der Waals surface area contributed by atoms with Crippen molar-refractivity contribution < 1.29 is 37.3 Å². The highest BCUT2D eigenvalue weighted by Gasteiger charge is 2.26. The molecule has 0 radical (unpaired) electrons. The smallest absolute Gasteiger partial charge is 0.457 e. The van der Waals surface area contributed by atoms with E-state index in [1.807, 2.05) is 21.1 Å². The van der Waals surface area contributed by atoms with Gasteiger partial charge in [0.2, 0.25) is 0 Å². The highest BCUT2D eigenvalue weighted by Crippen LogP contribution is 2.43. The number of unbranched alkanes of at least 4 members (excludes halogenated alkanes) is 29. The Morgan fingerprint density at radius 1 is 0.492 bits per heavy atom. The van der Waals surface area contributed by atoms with E-state index >= 15 is 0 Å². The summed E-state index contributed by atoms with van der Waals surface area (Å²) in [6, 6.07) is 0. The summed E-state index contributed by atoms with van der Waals surface area (Å²) in [6.45, 7) is 5.55. The maximum Gasteiger partial charge on any atom is 0.472 e. The van der Waals surface area contributed by atoms with Crippen LogP contribution in [0.2, 0.25) is 0 Å². The van der Waals surface area contributed by atoms with Crippen LogP contribution < -0.4 is 0 Å². The van der Waals surface area contributed by atoms with Gasteiger partial charge in [-0.05, 0) is 51.4 Å². The first-order valence-electron chi connectivity index (χ1n) is 27.4. The Balaban J connectivity index is 4.09. The number of phosphoric ester groups is 1. The van der Waals surface area contributed by atoms with Gasteiger partial charge in [0.15, 0.2) is 0 Å². The first kappa shape index (κ1) is 63.5. The molecular formula is C56H107NO7P+. The molecule has 0 amide bonds. The average Bonchev–Trinajstić information content (AvgIpc) is 3.27. The quantitative estimate of drug-likeness (QED) is 0.0214. The summed E-state index contributed by atoms with van der Waals surface area (Å²) in [5, 5.41) is 0. The Bertz CT molecular complexity index is 1180. The van der Waals surface area contributed by atoms with E-state index in [1.54, 1.807) is 0 Å². The molecule has 9 heteroatoms. The Hall–Kier alpha value is -1.54. The van der Waals surface area contributed by atoms with Gasteiger partial charge >= 0.3 is 13.8 Å². The van der Waals surface area contributed by atoms with Gasteiger partial charge in [0, 0.05) is 13.0 Å². The van der Waals surface area contributed by atoms with Gasteiger partial charge in [-0.1, -0.05) is 236 Å². The number of nitrogens with zero attached hydrogens (tertiary/aromatic N) is 1. The number of hydrogen-bond acceptors (Lipinski definition) is 6. The monoisotopic (exact) mass is 937 g/mol. The second-order valence-corrected chi connectivity index (χ2v) is 21.0. The zero-order valence-corrected chi connectivity index (χ0v) is 44.4. The summed E-state index contributed by atoms with van der Waals surface area (Å²) in [5.74, 6) is -0.315. The topological polar surface area (TPSA) is 91.3 Å². The SMILES string of the molecule is CC/C=C\C/C=C\C/C=C\C/C=C\CCCCCCCCCCCCC(=O)OC(COCCCCCCCCCCCCCCCCCCCCCC)COP(=O)(O)OCC[N+](C)(C)C. The molecule has 0 aromatic carbocycles. The fraction of sp³-hybridized carbons (Fsp3) is 0.839. The van der Waals surface area contributed by atoms with Crippen LogP contribution in [0.5, 0.6) is 0 Å². The van der Waals surface area contributed by atoms with E-state index in [0.29, 0.717) is 24.1 Å². The maximum absolute atomic E-state index is 12.8. The zero-order chi connectivity index (χ0) is 47.6. The molecular weight excluding hydrogens is 830 g/mol. The van der Waals surface area contributed by atoms with Crippen molar-refractivity contribution in [2.24, 2.45) is 0 Å². The molecule has 0 spiro atoms. The van der Waals surface area contributed by atoms with Crippen molar-refractivity contribution in [2.45, 2.75) is 251 Å². The molecule has 8 nitrogen and oxygen atoms in total. The first-order valence-corrected chi connectivity index (χ1v) is 28.9. The van der Waals surface area contributed by atoms with E-state index in [9.17, 15) is 14.3 Å². The second kappa shape index (κ2) is 48.9. The third-order valence-electron chi connectivity index (χ3n) is 11.9. The number of carbonyl (C=O) groups excluding carboxylic acids is 1. The predicted molar refractivity (Wildman–Crippen MR) is 279 cm³/mol. The largest absolute Gasteiger partial charge is 0.472 e. The number of carbonyl (C=O) groups is 1. The van der Waals surface area contributed by atoms with Crippen LogP contribution in [0.1, 0.15) is 245 Å². The van der Waals surface area contributed by atoms with Crippen LogP contribution in [-0.4, -0.2) is 75.6 Å². The summed E-state index contributed by atoms with van der Waals surface area (Å²) >= 11 is 0. The van der Waals surface area contributed by atoms with Crippen molar-refractivity contribution in [1.29, 1.82) is 0 Å². The standard InChI is InChI=1S/C56H106NO7P/c1-6-8-10-12-14-16-18-20-22-24-26-28-29-30-31-33-35-37-39-41-43-45-47-49-56(58)64-55(54-63-65(59,60)62-52-50-57(3,4)5)53-61-51-48-46-44-42-40-38-36-34-32-27-25-23-21-19-17-15-13-11-9-7-2/h8,10,14,16,20,22,26,28,55H,6-7,9,11-13,15,17-19,21,23-25,27,29-54H2,1-5H3/p+1/b10-8-,16-14-,22-20-,28-26-. The van der Waals surface area contributed by atoms with E-state index in [1.165, 1.54) is 167 Å². The van der Waals surface area contributed by atoms with Crippen LogP contribution >= 0.6 is 7.82 Å². The fourth-order valence-electron chi connectivity index (χ4n) is 7.72. The lowest BCUT2D eigenvalue weighted by atomic mass is 10.0. The summed E-state index contributed by atoms with van der Waals surface area (Å²) < 4.78 is 35.2. The summed E-state index contributed by atoms with van der Waals surface area (Å²) in [6.07, 6.45) is 61.6. The van der Waals surface area contributed by atoms with Crippen LogP contribution in [0.3, 0.4) is 0 Å². The lowest BCUT2D eigenvalue weighted by Crippen LogP contribution is -2.37. The van der Waals surface area contributed by atoms with Gasteiger partial charge in [-0.15, -0.1) is 0 Å². The molecule has 65 heavy (non-hydrogen) atoms.